The molecule has 0 spiro atoms. The second-order valence-electron chi connectivity index (χ2n) is 5.26. The van der Waals surface area contributed by atoms with Crippen LogP contribution in [0.2, 0.25) is 0 Å². The van der Waals surface area contributed by atoms with Gasteiger partial charge in [0.2, 0.25) is 0 Å². The van der Waals surface area contributed by atoms with Gasteiger partial charge in [0.1, 0.15) is 12.4 Å². The largest absolute Gasteiger partial charge is 0.489 e. The zero-order chi connectivity index (χ0) is 17.6. The van der Waals surface area contributed by atoms with Crippen molar-refractivity contribution in [1.82, 2.24) is 4.83 Å². The fourth-order valence-corrected chi connectivity index (χ4v) is 3.20. The Labute approximate surface area is 142 Å². The van der Waals surface area contributed by atoms with Gasteiger partial charge in [0.25, 0.3) is 10.0 Å². The van der Waals surface area contributed by atoms with Crippen LogP contribution < -0.4 is 9.57 Å². The molecule has 2 aromatic rings. The Morgan fingerprint density at radius 1 is 1.21 bits per heavy atom. The average Bonchev–Trinajstić information content (AvgIpc) is 2.56. The number of rotatable bonds is 7. The Balaban J connectivity index is 2.19. The molecule has 5 nitrogen and oxygen atoms in total. The van der Waals surface area contributed by atoms with Gasteiger partial charge in [-0.25, -0.2) is 4.83 Å². The number of nitrogens with zero attached hydrogens (tertiary/aromatic N) is 1. The van der Waals surface area contributed by atoms with Crippen LogP contribution >= 0.6 is 0 Å². The van der Waals surface area contributed by atoms with Gasteiger partial charge < -0.3 is 4.74 Å². The fourth-order valence-electron chi connectivity index (χ4n) is 2.08. The molecule has 0 saturated heterocycles. The molecular formula is C18H20N2O3S. The second kappa shape index (κ2) is 7.79. The molecule has 2 aromatic carbocycles. The number of hydrazone groups is 1. The van der Waals surface area contributed by atoms with E-state index in [1.807, 2.05) is 25.1 Å². The highest BCUT2D eigenvalue weighted by molar-refractivity contribution is 7.89. The fraction of sp³-hybridized carbons (Fsp3) is 0.167. The maximum atomic E-state index is 12.4. The Hall–Kier alpha value is -2.60. The molecule has 2 rings (SSSR count). The minimum atomic E-state index is -3.72. The first-order valence-electron chi connectivity index (χ1n) is 7.39. The molecule has 0 saturated carbocycles. The van der Waals surface area contributed by atoms with Crippen molar-refractivity contribution in [2.45, 2.75) is 18.7 Å². The van der Waals surface area contributed by atoms with Crippen molar-refractivity contribution < 1.29 is 13.2 Å². The van der Waals surface area contributed by atoms with Crippen molar-refractivity contribution in [2.75, 3.05) is 6.61 Å². The van der Waals surface area contributed by atoms with Gasteiger partial charge in [0.15, 0.2) is 0 Å². The van der Waals surface area contributed by atoms with Gasteiger partial charge >= 0.3 is 0 Å². The summed E-state index contributed by atoms with van der Waals surface area (Å²) >= 11 is 0. The van der Waals surface area contributed by atoms with E-state index in [0.717, 1.165) is 5.56 Å². The van der Waals surface area contributed by atoms with Crippen molar-refractivity contribution in [3.63, 3.8) is 0 Å². The summed E-state index contributed by atoms with van der Waals surface area (Å²) in [6.45, 7) is 7.55. The van der Waals surface area contributed by atoms with E-state index in [2.05, 4.69) is 16.5 Å². The van der Waals surface area contributed by atoms with Crippen LogP contribution in [0, 0.1) is 13.8 Å². The lowest BCUT2D eigenvalue weighted by Crippen LogP contribution is -2.19. The van der Waals surface area contributed by atoms with Gasteiger partial charge in [0.05, 0.1) is 11.1 Å². The first kappa shape index (κ1) is 17.7. The van der Waals surface area contributed by atoms with Crippen LogP contribution in [0.3, 0.4) is 0 Å². The zero-order valence-electron chi connectivity index (χ0n) is 13.7. The van der Waals surface area contributed by atoms with Crippen molar-refractivity contribution in [1.29, 1.82) is 0 Å². The number of para-hydroxylation sites is 1. The highest BCUT2D eigenvalue weighted by Gasteiger charge is 2.15. The van der Waals surface area contributed by atoms with E-state index in [9.17, 15) is 8.42 Å². The third-order valence-electron chi connectivity index (χ3n) is 3.29. The van der Waals surface area contributed by atoms with E-state index in [1.54, 1.807) is 37.3 Å². The lowest BCUT2D eigenvalue weighted by molar-refractivity contribution is 0.362. The zero-order valence-corrected chi connectivity index (χ0v) is 14.5. The Morgan fingerprint density at radius 2 is 1.96 bits per heavy atom. The molecular weight excluding hydrogens is 324 g/mol. The molecule has 0 bridgehead atoms. The maximum absolute atomic E-state index is 12.4. The van der Waals surface area contributed by atoms with Crippen LogP contribution in [0.4, 0.5) is 0 Å². The van der Waals surface area contributed by atoms with E-state index >= 15 is 0 Å². The van der Waals surface area contributed by atoms with Gasteiger partial charge in [0, 0.05) is 5.56 Å². The number of sulfonamides is 1. The van der Waals surface area contributed by atoms with Crippen LogP contribution in [-0.2, 0) is 10.0 Å². The molecule has 0 aliphatic rings. The van der Waals surface area contributed by atoms with Crippen molar-refractivity contribution in [3.8, 4) is 5.75 Å². The quantitative estimate of drug-likeness (QED) is 0.476. The van der Waals surface area contributed by atoms with Crippen LogP contribution in [0.15, 0.2) is 65.1 Å². The summed E-state index contributed by atoms with van der Waals surface area (Å²) < 4.78 is 30.3. The topological polar surface area (TPSA) is 67.8 Å². The van der Waals surface area contributed by atoms with E-state index in [4.69, 9.17) is 4.74 Å². The third kappa shape index (κ3) is 4.45. The number of hydrogen-bond donors (Lipinski definition) is 1. The van der Waals surface area contributed by atoms with Crippen molar-refractivity contribution in [2.24, 2.45) is 5.10 Å². The van der Waals surface area contributed by atoms with Gasteiger partial charge in [-0.3, -0.25) is 0 Å². The second-order valence-corrected chi connectivity index (χ2v) is 6.89. The Bertz CT molecular complexity index is 858. The summed E-state index contributed by atoms with van der Waals surface area (Å²) in [6, 6.07) is 12.5. The molecule has 0 unspecified atom stereocenters. The molecule has 0 aliphatic carbocycles. The van der Waals surface area contributed by atoms with E-state index in [-0.39, 0.29) is 4.90 Å². The molecule has 0 fully saturated rings. The van der Waals surface area contributed by atoms with E-state index in [1.165, 1.54) is 6.21 Å². The minimum absolute atomic E-state index is 0.218. The summed E-state index contributed by atoms with van der Waals surface area (Å²) in [5.41, 5.74) is 2.20. The van der Waals surface area contributed by atoms with Crippen LogP contribution in [0.5, 0.6) is 5.75 Å². The SMILES string of the molecule is C=CCOc1ccccc1/C=N\NS(=O)(=O)c1cc(C)ccc1C. The summed E-state index contributed by atoms with van der Waals surface area (Å²) in [4.78, 5) is 2.46. The molecule has 6 heteroatoms. The molecule has 0 aliphatic heterocycles. The molecule has 1 N–H and O–H groups in total. The van der Waals surface area contributed by atoms with Crippen LogP contribution in [-0.4, -0.2) is 21.2 Å². The Kier molecular flexibility index (Phi) is 5.76. The summed E-state index contributed by atoms with van der Waals surface area (Å²) in [7, 11) is -3.72. The maximum Gasteiger partial charge on any atom is 0.276 e. The highest BCUT2D eigenvalue weighted by Crippen LogP contribution is 2.17. The normalized spacial score (nSPS) is 11.4. The standard InChI is InChI=1S/C18H20N2O3S/c1-4-11-23-17-8-6-5-7-16(17)13-19-20-24(21,22)18-12-14(2)9-10-15(18)3/h4-10,12-13,20H,1,11H2,2-3H3/b19-13-. The number of ether oxygens (including phenoxy) is 1. The molecule has 0 amide bonds. The third-order valence-corrected chi connectivity index (χ3v) is 4.65. The summed E-state index contributed by atoms with van der Waals surface area (Å²) in [6.07, 6.45) is 3.05. The number of benzene rings is 2. The van der Waals surface area contributed by atoms with E-state index < -0.39 is 10.0 Å². The molecule has 0 radical (unpaired) electrons. The smallest absolute Gasteiger partial charge is 0.276 e. The van der Waals surface area contributed by atoms with E-state index in [0.29, 0.717) is 23.5 Å². The van der Waals surface area contributed by atoms with Gasteiger partial charge in [-0.1, -0.05) is 36.9 Å². The number of hydrogen-bond acceptors (Lipinski definition) is 4. The van der Waals surface area contributed by atoms with Gasteiger partial charge in [-0.15, -0.1) is 0 Å². The van der Waals surface area contributed by atoms with Gasteiger partial charge in [-0.2, -0.15) is 13.5 Å². The Morgan fingerprint density at radius 3 is 2.71 bits per heavy atom. The molecule has 0 aromatic heterocycles. The molecule has 0 heterocycles. The summed E-state index contributed by atoms with van der Waals surface area (Å²) in [5.74, 6) is 0.604. The first-order valence-corrected chi connectivity index (χ1v) is 8.87. The molecule has 24 heavy (non-hydrogen) atoms. The number of nitrogens with one attached hydrogen (secondary N) is 1. The van der Waals surface area contributed by atoms with Gasteiger partial charge in [-0.05, 0) is 43.2 Å². The monoisotopic (exact) mass is 344 g/mol. The first-order chi connectivity index (χ1) is 11.4. The summed E-state index contributed by atoms with van der Waals surface area (Å²) in [5, 5.41) is 3.86. The number of aryl methyl sites for hydroxylation is 2. The lowest BCUT2D eigenvalue weighted by Gasteiger charge is -2.08. The lowest BCUT2D eigenvalue weighted by atomic mass is 10.2. The van der Waals surface area contributed by atoms with Crippen LogP contribution in [0.1, 0.15) is 16.7 Å². The minimum Gasteiger partial charge on any atom is -0.489 e. The predicted molar refractivity (Wildman–Crippen MR) is 96.0 cm³/mol. The predicted octanol–water partition coefficient (Wildman–Crippen LogP) is 3.18. The average molecular weight is 344 g/mol. The van der Waals surface area contributed by atoms with Crippen molar-refractivity contribution >= 4 is 16.2 Å². The molecule has 0 atom stereocenters. The van der Waals surface area contributed by atoms with Crippen molar-refractivity contribution in [3.05, 3.63) is 71.8 Å². The van der Waals surface area contributed by atoms with Crippen LogP contribution in [0.25, 0.3) is 0 Å². The highest BCUT2D eigenvalue weighted by atomic mass is 32.2. The molecule has 126 valence electrons.